The third-order valence-electron chi connectivity index (χ3n) is 5.74. The Morgan fingerprint density at radius 3 is 2.73 bits per heavy atom. The number of carbonyl (C=O) groups excluding carboxylic acids is 1. The number of H-pyrrole nitrogens is 1. The van der Waals surface area contributed by atoms with Crippen LogP contribution in [0.1, 0.15) is 50.8 Å². The summed E-state index contributed by atoms with van der Waals surface area (Å²) < 4.78 is 24.4. The molecule has 0 bridgehead atoms. The van der Waals surface area contributed by atoms with Crippen LogP contribution in [0.15, 0.2) is 21.9 Å². The molecule has 0 amide bonds. The molecule has 10 heteroatoms. The first-order valence-corrected chi connectivity index (χ1v) is 10.3. The summed E-state index contributed by atoms with van der Waals surface area (Å²) in [6.07, 6.45) is 5.62. The molecule has 4 atom stereocenters. The number of carbonyl (C=O) groups is 1. The van der Waals surface area contributed by atoms with E-state index in [4.69, 9.17) is 18.9 Å². The molecule has 4 rings (SSSR count). The lowest BCUT2D eigenvalue weighted by atomic mass is 9.94. The van der Waals surface area contributed by atoms with E-state index in [-0.39, 0.29) is 18.8 Å². The van der Waals surface area contributed by atoms with Crippen molar-refractivity contribution in [1.82, 2.24) is 9.55 Å². The molecule has 2 aliphatic heterocycles. The standard InChI is InChI=1S/C20H26N2O8/c1-2-27-14(24)7-6-12-10-22(19(26)21-17(12)25)18-16-15(13(11-23)28-18)29-20(30-16)8-4-3-5-9-20/h6-7,10,13,15-16,18,23H,2-5,8-9,11H2,1H3,(H,21,25,26). The lowest BCUT2D eigenvalue weighted by molar-refractivity contribution is -0.233. The first-order chi connectivity index (χ1) is 14.5. The Hall–Kier alpha value is -2.27. The van der Waals surface area contributed by atoms with E-state index in [1.807, 2.05) is 0 Å². The van der Waals surface area contributed by atoms with Gasteiger partial charge < -0.3 is 24.1 Å². The highest BCUT2D eigenvalue weighted by Gasteiger charge is 2.58. The number of fused-ring (bicyclic) bond motifs is 1. The van der Waals surface area contributed by atoms with Crippen LogP contribution < -0.4 is 11.2 Å². The smallest absolute Gasteiger partial charge is 0.330 e. The number of rotatable bonds is 5. The van der Waals surface area contributed by atoms with Crippen molar-refractivity contribution < 1.29 is 28.8 Å². The molecule has 1 aromatic rings. The summed E-state index contributed by atoms with van der Waals surface area (Å²) in [6.45, 7) is 1.59. The zero-order valence-electron chi connectivity index (χ0n) is 16.7. The van der Waals surface area contributed by atoms with Gasteiger partial charge in [-0.2, -0.15) is 0 Å². The second kappa shape index (κ2) is 8.46. The lowest BCUT2D eigenvalue weighted by Crippen LogP contribution is -2.39. The SMILES string of the molecule is CCOC(=O)C=Cc1cn(C2OC(CO)C3OC4(CCCCC4)OC32)c(=O)[nH]c1=O. The van der Waals surface area contributed by atoms with Crippen LogP contribution in [0, 0.1) is 0 Å². The predicted molar refractivity (Wildman–Crippen MR) is 104 cm³/mol. The van der Waals surface area contributed by atoms with Gasteiger partial charge in [0.25, 0.3) is 5.56 Å². The van der Waals surface area contributed by atoms with Crippen molar-refractivity contribution in [2.24, 2.45) is 0 Å². The Kier molecular flexibility index (Phi) is 5.92. The number of ether oxygens (including phenoxy) is 4. The number of nitrogens with one attached hydrogen (secondary N) is 1. The number of nitrogens with zero attached hydrogens (tertiary/aromatic N) is 1. The molecule has 3 aliphatic rings. The van der Waals surface area contributed by atoms with Gasteiger partial charge in [0.1, 0.15) is 18.3 Å². The van der Waals surface area contributed by atoms with Gasteiger partial charge in [-0.15, -0.1) is 0 Å². The molecule has 1 aliphatic carbocycles. The number of aliphatic hydroxyl groups excluding tert-OH is 1. The summed E-state index contributed by atoms with van der Waals surface area (Å²) in [6, 6.07) is 0. The van der Waals surface area contributed by atoms with E-state index < -0.39 is 47.5 Å². The number of aromatic amines is 1. The average molecular weight is 422 g/mol. The third-order valence-corrected chi connectivity index (χ3v) is 5.74. The molecular formula is C20H26N2O8. The highest BCUT2D eigenvalue weighted by atomic mass is 16.8. The number of esters is 1. The third kappa shape index (κ3) is 3.87. The fourth-order valence-electron chi connectivity index (χ4n) is 4.35. The molecule has 30 heavy (non-hydrogen) atoms. The minimum Gasteiger partial charge on any atom is -0.463 e. The number of aromatic nitrogens is 2. The van der Waals surface area contributed by atoms with Crippen molar-refractivity contribution in [1.29, 1.82) is 0 Å². The minimum atomic E-state index is -0.882. The second-order valence-electron chi connectivity index (χ2n) is 7.72. The summed E-state index contributed by atoms with van der Waals surface area (Å²) in [4.78, 5) is 38.5. The molecule has 3 heterocycles. The van der Waals surface area contributed by atoms with Gasteiger partial charge in [0.2, 0.25) is 0 Å². The molecule has 2 saturated heterocycles. The van der Waals surface area contributed by atoms with Crippen LogP contribution >= 0.6 is 0 Å². The Bertz CT molecular complexity index is 929. The molecule has 0 aromatic carbocycles. The topological polar surface area (TPSA) is 129 Å². The van der Waals surface area contributed by atoms with Gasteiger partial charge in [0, 0.05) is 25.1 Å². The average Bonchev–Trinajstić information content (AvgIpc) is 3.23. The molecule has 10 nitrogen and oxygen atoms in total. The van der Waals surface area contributed by atoms with Crippen LogP contribution in [-0.4, -0.2) is 57.9 Å². The summed E-state index contributed by atoms with van der Waals surface area (Å²) in [5, 5.41) is 9.76. The predicted octanol–water partition coefficient (Wildman–Crippen LogP) is 0.447. The van der Waals surface area contributed by atoms with Gasteiger partial charge in [-0.25, -0.2) is 9.59 Å². The van der Waals surface area contributed by atoms with E-state index in [1.54, 1.807) is 6.92 Å². The quantitative estimate of drug-likeness (QED) is 0.517. The fraction of sp³-hybridized carbons (Fsp3) is 0.650. The van der Waals surface area contributed by atoms with Crippen molar-refractivity contribution in [3.63, 3.8) is 0 Å². The van der Waals surface area contributed by atoms with E-state index in [2.05, 4.69) is 4.98 Å². The number of aliphatic hydroxyl groups is 1. The van der Waals surface area contributed by atoms with Crippen LogP contribution in [0.2, 0.25) is 0 Å². The normalized spacial score (nSPS) is 30.1. The molecule has 3 fully saturated rings. The highest BCUT2D eigenvalue weighted by Crippen LogP contribution is 2.48. The lowest BCUT2D eigenvalue weighted by Gasteiger charge is -2.34. The largest absolute Gasteiger partial charge is 0.463 e. The van der Waals surface area contributed by atoms with E-state index in [9.17, 15) is 19.5 Å². The van der Waals surface area contributed by atoms with Gasteiger partial charge >= 0.3 is 11.7 Å². The Morgan fingerprint density at radius 2 is 2.03 bits per heavy atom. The second-order valence-corrected chi connectivity index (χ2v) is 7.72. The Balaban J connectivity index is 1.64. The zero-order valence-corrected chi connectivity index (χ0v) is 16.7. The number of hydrogen-bond acceptors (Lipinski definition) is 8. The number of hydrogen-bond donors (Lipinski definition) is 2. The van der Waals surface area contributed by atoms with E-state index >= 15 is 0 Å². The molecule has 164 valence electrons. The summed E-state index contributed by atoms with van der Waals surface area (Å²) >= 11 is 0. The van der Waals surface area contributed by atoms with Crippen LogP contribution in [0.4, 0.5) is 0 Å². The van der Waals surface area contributed by atoms with Crippen molar-refractivity contribution in [2.75, 3.05) is 13.2 Å². The van der Waals surface area contributed by atoms with Gasteiger partial charge in [-0.05, 0) is 25.8 Å². The molecular weight excluding hydrogens is 396 g/mol. The minimum absolute atomic E-state index is 0.0848. The Labute approximate surface area is 172 Å². The van der Waals surface area contributed by atoms with Crippen molar-refractivity contribution in [3.8, 4) is 0 Å². The zero-order chi connectivity index (χ0) is 21.3. The Morgan fingerprint density at radius 1 is 1.30 bits per heavy atom. The van der Waals surface area contributed by atoms with E-state index in [0.29, 0.717) is 0 Å². The molecule has 1 aromatic heterocycles. The van der Waals surface area contributed by atoms with Gasteiger partial charge in [-0.3, -0.25) is 14.3 Å². The summed E-state index contributed by atoms with van der Waals surface area (Å²) in [5.41, 5.74) is -1.23. The monoisotopic (exact) mass is 422 g/mol. The van der Waals surface area contributed by atoms with Crippen molar-refractivity contribution >= 4 is 12.0 Å². The van der Waals surface area contributed by atoms with E-state index in [0.717, 1.165) is 38.2 Å². The van der Waals surface area contributed by atoms with Gasteiger partial charge in [0.15, 0.2) is 12.0 Å². The van der Waals surface area contributed by atoms with Crippen LogP contribution in [-0.2, 0) is 23.7 Å². The van der Waals surface area contributed by atoms with Crippen LogP contribution in [0.3, 0.4) is 0 Å². The molecule has 0 radical (unpaired) electrons. The summed E-state index contributed by atoms with van der Waals surface area (Å²) in [7, 11) is 0. The highest BCUT2D eigenvalue weighted by molar-refractivity contribution is 5.86. The molecule has 1 saturated carbocycles. The van der Waals surface area contributed by atoms with Crippen LogP contribution in [0.5, 0.6) is 0 Å². The molecule has 1 spiro atoms. The van der Waals surface area contributed by atoms with Gasteiger partial charge in [-0.1, -0.05) is 6.42 Å². The van der Waals surface area contributed by atoms with Gasteiger partial charge in [0.05, 0.1) is 18.8 Å². The molecule has 4 unspecified atom stereocenters. The maximum atomic E-state index is 12.5. The maximum absolute atomic E-state index is 12.5. The molecule has 2 N–H and O–H groups in total. The maximum Gasteiger partial charge on any atom is 0.330 e. The van der Waals surface area contributed by atoms with Crippen molar-refractivity contribution in [2.45, 2.75) is 69.4 Å². The van der Waals surface area contributed by atoms with Crippen LogP contribution in [0.25, 0.3) is 6.08 Å². The first-order valence-electron chi connectivity index (χ1n) is 10.3. The fourth-order valence-corrected chi connectivity index (χ4v) is 4.35. The summed E-state index contributed by atoms with van der Waals surface area (Å²) in [5.74, 6) is -1.32. The first kappa shape index (κ1) is 21.0. The van der Waals surface area contributed by atoms with E-state index in [1.165, 1.54) is 16.8 Å². The van der Waals surface area contributed by atoms with Crippen molar-refractivity contribution in [3.05, 3.63) is 38.7 Å².